The van der Waals surface area contributed by atoms with Crippen LogP contribution in [0.2, 0.25) is 0 Å². The van der Waals surface area contributed by atoms with Crippen LogP contribution >= 0.6 is 0 Å². The van der Waals surface area contributed by atoms with E-state index in [-0.39, 0.29) is 0 Å². The molecule has 0 radical (unpaired) electrons. The Kier molecular flexibility index (Phi) is 3.74. The first kappa shape index (κ1) is 17.3. The zero-order valence-electron chi connectivity index (χ0n) is 16.3. The molecule has 0 spiro atoms. The lowest BCUT2D eigenvalue weighted by Crippen LogP contribution is -2.39. The summed E-state index contributed by atoms with van der Waals surface area (Å²) in [6, 6.07) is 6.23. The Balaban J connectivity index is 1.59. The van der Waals surface area contributed by atoms with Gasteiger partial charge in [-0.05, 0) is 37.0 Å². The molecule has 1 fully saturated rings. The van der Waals surface area contributed by atoms with Crippen LogP contribution in [0, 0.1) is 6.92 Å². The highest BCUT2D eigenvalue weighted by molar-refractivity contribution is 5.77. The highest BCUT2D eigenvalue weighted by atomic mass is 16.3. The highest BCUT2D eigenvalue weighted by Gasteiger charge is 2.45. The molecule has 6 nitrogen and oxygen atoms in total. The van der Waals surface area contributed by atoms with E-state index in [0.717, 1.165) is 33.9 Å². The zero-order chi connectivity index (χ0) is 19.5. The van der Waals surface area contributed by atoms with E-state index in [4.69, 9.17) is 0 Å². The number of aliphatic hydroxyl groups is 1. The molecule has 3 heterocycles. The quantitative estimate of drug-likeness (QED) is 0.751. The van der Waals surface area contributed by atoms with Crippen LogP contribution in [0.5, 0.6) is 0 Å². The second-order valence-electron chi connectivity index (χ2n) is 8.29. The van der Waals surface area contributed by atoms with Gasteiger partial charge in [-0.1, -0.05) is 26.0 Å². The number of anilines is 2. The molecule has 0 unspecified atom stereocenters. The fourth-order valence-electron chi connectivity index (χ4n) is 3.88. The summed E-state index contributed by atoms with van der Waals surface area (Å²) in [7, 11) is 0. The number of rotatable bonds is 3. The van der Waals surface area contributed by atoms with E-state index in [9.17, 15) is 5.11 Å². The SMILES string of the molecule is Cc1ncc(-c2ccc3c(c2)N(c2cnc(C4CC4)cn2)[C@H](O)C3(C)C)cn1. The third-order valence-corrected chi connectivity index (χ3v) is 5.86. The molecule has 5 rings (SSSR count). The summed E-state index contributed by atoms with van der Waals surface area (Å²) in [5.41, 5.74) is 4.62. The van der Waals surface area contributed by atoms with Gasteiger partial charge < -0.3 is 5.11 Å². The second kappa shape index (κ2) is 6.07. The molecule has 1 atom stereocenters. The number of aryl methyl sites for hydroxylation is 1. The molecule has 0 amide bonds. The lowest BCUT2D eigenvalue weighted by Gasteiger charge is -2.29. The van der Waals surface area contributed by atoms with E-state index in [1.165, 1.54) is 12.8 Å². The number of benzene rings is 1. The van der Waals surface area contributed by atoms with E-state index >= 15 is 0 Å². The zero-order valence-corrected chi connectivity index (χ0v) is 16.3. The average molecular weight is 373 g/mol. The summed E-state index contributed by atoms with van der Waals surface area (Å²) >= 11 is 0. The van der Waals surface area contributed by atoms with Gasteiger partial charge in [-0.25, -0.2) is 15.0 Å². The maximum Gasteiger partial charge on any atom is 0.153 e. The molecule has 1 aromatic carbocycles. The van der Waals surface area contributed by atoms with Crippen LogP contribution < -0.4 is 4.90 Å². The van der Waals surface area contributed by atoms with Crippen LogP contribution in [-0.2, 0) is 5.41 Å². The Morgan fingerprint density at radius 3 is 2.36 bits per heavy atom. The Bertz CT molecular complexity index is 1030. The molecule has 0 bridgehead atoms. The van der Waals surface area contributed by atoms with E-state index < -0.39 is 11.6 Å². The third-order valence-electron chi connectivity index (χ3n) is 5.86. The van der Waals surface area contributed by atoms with Gasteiger partial charge in [0.2, 0.25) is 0 Å². The van der Waals surface area contributed by atoms with Crippen LogP contribution in [0.15, 0.2) is 43.0 Å². The van der Waals surface area contributed by atoms with Gasteiger partial charge in [-0.15, -0.1) is 0 Å². The number of hydrogen-bond donors (Lipinski definition) is 1. The van der Waals surface area contributed by atoms with Crippen LogP contribution in [0.25, 0.3) is 11.1 Å². The van der Waals surface area contributed by atoms with Gasteiger partial charge in [-0.3, -0.25) is 9.88 Å². The molecule has 1 aliphatic carbocycles. The fraction of sp³-hybridized carbons (Fsp3) is 0.364. The van der Waals surface area contributed by atoms with Gasteiger partial charge in [0.1, 0.15) is 12.1 Å². The van der Waals surface area contributed by atoms with Gasteiger partial charge in [0.05, 0.1) is 18.1 Å². The van der Waals surface area contributed by atoms with E-state index in [0.29, 0.717) is 11.7 Å². The van der Waals surface area contributed by atoms with Gasteiger partial charge in [-0.2, -0.15) is 0 Å². The van der Waals surface area contributed by atoms with Crippen molar-refractivity contribution in [3.05, 3.63) is 60.1 Å². The molecule has 3 aromatic rings. The second-order valence-corrected chi connectivity index (χ2v) is 8.29. The Hall–Kier alpha value is -2.86. The summed E-state index contributed by atoms with van der Waals surface area (Å²) in [5.74, 6) is 1.97. The van der Waals surface area contributed by atoms with Gasteiger partial charge in [0.25, 0.3) is 0 Å². The van der Waals surface area contributed by atoms with Crippen molar-refractivity contribution in [1.29, 1.82) is 0 Å². The lowest BCUT2D eigenvalue weighted by atomic mass is 9.85. The number of fused-ring (bicyclic) bond motifs is 1. The third kappa shape index (κ3) is 2.67. The summed E-state index contributed by atoms with van der Waals surface area (Å²) in [5, 5.41) is 11.1. The standard InChI is InChI=1S/C22H23N5O/c1-13-23-9-16(10-24-13)15-6-7-17-19(8-15)27(21(28)22(17,2)3)20-12-25-18(11-26-20)14-4-5-14/h6-12,14,21,28H,4-5H2,1-3H3/t21-/m1/s1. The van der Waals surface area contributed by atoms with Crippen molar-refractivity contribution in [1.82, 2.24) is 19.9 Å². The topological polar surface area (TPSA) is 75.0 Å². The van der Waals surface area contributed by atoms with Crippen molar-refractivity contribution in [3.8, 4) is 11.1 Å². The minimum Gasteiger partial charge on any atom is -0.372 e. The van der Waals surface area contributed by atoms with Gasteiger partial charge >= 0.3 is 0 Å². The van der Waals surface area contributed by atoms with Gasteiger partial charge in [0, 0.05) is 35.0 Å². The minimum absolute atomic E-state index is 0.422. The van der Waals surface area contributed by atoms with Crippen molar-refractivity contribution in [2.75, 3.05) is 4.90 Å². The Morgan fingerprint density at radius 2 is 1.71 bits per heavy atom. The van der Waals surface area contributed by atoms with Crippen molar-refractivity contribution >= 4 is 11.5 Å². The first-order valence-electron chi connectivity index (χ1n) is 9.68. The van der Waals surface area contributed by atoms with E-state index in [1.54, 1.807) is 6.20 Å². The summed E-state index contributed by atoms with van der Waals surface area (Å²) in [6.07, 6.45) is 8.96. The average Bonchev–Trinajstić information content (AvgIpc) is 3.52. The maximum absolute atomic E-state index is 11.1. The van der Waals surface area contributed by atoms with Crippen LogP contribution in [0.4, 0.5) is 11.5 Å². The normalized spacial score (nSPS) is 20.3. The van der Waals surface area contributed by atoms with Crippen LogP contribution in [0.1, 0.15) is 49.7 Å². The summed E-state index contributed by atoms with van der Waals surface area (Å²) in [4.78, 5) is 19.7. The molecular weight excluding hydrogens is 350 g/mol. The highest BCUT2D eigenvalue weighted by Crippen LogP contribution is 2.48. The molecule has 1 saturated carbocycles. The number of nitrogens with zero attached hydrogens (tertiary/aromatic N) is 5. The van der Waals surface area contributed by atoms with E-state index in [1.807, 2.05) is 30.4 Å². The Labute approximate surface area is 164 Å². The minimum atomic E-state index is -0.715. The monoisotopic (exact) mass is 373 g/mol. The number of aliphatic hydroxyl groups excluding tert-OH is 1. The lowest BCUT2D eigenvalue weighted by molar-refractivity contribution is 0.118. The van der Waals surface area contributed by atoms with Crippen molar-refractivity contribution in [2.24, 2.45) is 0 Å². The molecule has 0 saturated heterocycles. The molecule has 142 valence electrons. The summed E-state index contributed by atoms with van der Waals surface area (Å²) < 4.78 is 0. The molecule has 1 N–H and O–H groups in total. The smallest absolute Gasteiger partial charge is 0.153 e. The first-order chi connectivity index (χ1) is 13.4. The van der Waals surface area contributed by atoms with Crippen molar-refractivity contribution < 1.29 is 5.11 Å². The van der Waals surface area contributed by atoms with Crippen molar-refractivity contribution in [3.63, 3.8) is 0 Å². The molecular formula is C22H23N5O. The van der Waals surface area contributed by atoms with Crippen LogP contribution in [0.3, 0.4) is 0 Å². The van der Waals surface area contributed by atoms with Crippen molar-refractivity contribution in [2.45, 2.75) is 51.2 Å². The number of aromatic nitrogens is 4. The molecule has 28 heavy (non-hydrogen) atoms. The predicted octanol–water partition coefficient (Wildman–Crippen LogP) is 3.87. The molecule has 1 aliphatic heterocycles. The maximum atomic E-state index is 11.1. The largest absolute Gasteiger partial charge is 0.372 e. The van der Waals surface area contributed by atoms with Gasteiger partial charge in [0.15, 0.2) is 5.82 Å². The molecule has 2 aliphatic rings. The molecule has 2 aromatic heterocycles. The summed E-state index contributed by atoms with van der Waals surface area (Å²) in [6.45, 7) is 5.98. The molecule has 6 heteroatoms. The number of hydrogen-bond acceptors (Lipinski definition) is 6. The predicted molar refractivity (Wildman–Crippen MR) is 107 cm³/mol. The van der Waals surface area contributed by atoms with Crippen LogP contribution in [-0.4, -0.2) is 31.3 Å². The first-order valence-corrected chi connectivity index (χ1v) is 9.68. The Morgan fingerprint density at radius 1 is 0.964 bits per heavy atom. The van der Waals surface area contributed by atoms with E-state index in [2.05, 4.69) is 52.0 Å². The fourth-order valence-corrected chi connectivity index (χ4v) is 3.88.